The zero-order valence-corrected chi connectivity index (χ0v) is 17.0. The number of ether oxygens (including phenoxy) is 1. The Labute approximate surface area is 171 Å². The first-order valence-corrected chi connectivity index (χ1v) is 9.21. The fourth-order valence-electron chi connectivity index (χ4n) is 3.11. The molecule has 0 bridgehead atoms. The highest BCUT2D eigenvalue weighted by Crippen LogP contribution is 2.29. The number of aromatic nitrogens is 4. The summed E-state index contributed by atoms with van der Waals surface area (Å²) in [4.78, 5) is 12.3. The van der Waals surface area contributed by atoms with E-state index in [1.165, 1.54) is 18.7 Å². The molecule has 10 heteroatoms. The van der Waals surface area contributed by atoms with Crippen molar-refractivity contribution in [1.82, 2.24) is 19.6 Å². The number of alkyl halides is 3. The summed E-state index contributed by atoms with van der Waals surface area (Å²) in [6.45, 7) is 5.37. The molecule has 0 unspecified atom stereocenters. The molecule has 1 amide bonds. The molecular formula is C20H22F3N5O2. The molecule has 160 valence electrons. The monoisotopic (exact) mass is 421 g/mol. The minimum Gasteiger partial charge on any atom is -0.494 e. The van der Waals surface area contributed by atoms with Crippen molar-refractivity contribution in [3.05, 3.63) is 53.1 Å². The predicted octanol–water partition coefficient (Wildman–Crippen LogP) is 4.05. The number of nitrogens with one attached hydrogen (secondary N) is 1. The minimum atomic E-state index is -4.51. The highest BCUT2D eigenvalue weighted by Gasteiger charge is 2.34. The van der Waals surface area contributed by atoms with E-state index < -0.39 is 11.9 Å². The van der Waals surface area contributed by atoms with Gasteiger partial charge in [-0.1, -0.05) is 0 Å². The fourth-order valence-corrected chi connectivity index (χ4v) is 3.11. The van der Waals surface area contributed by atoms with Crippen LogP contribution in [0, 0.1) is 20.8 Å². The van der Waals surface area contributed by atoms with Crippen LogP contribution in [0.15, 0.2) is 30.3 Å². The molecule has 0 fully saturated rings. The first kappa shape index (κ1) is 21.4. The van der Waals surface area contributed by atoms with E-state index in [4.69, 9.17) is 4.74 Å². The molecule has 3 rings (SSSR count). The van der Waals surface area contributed by atoms with E-state index >= 15 is 0 Å². The molecule has 2 heterocycles. The topological polar surface area (TPSA) is 74.0 Å². The smallest absolute Gasteiger partial charge is 0.435 e. The highest BCUT2D eigenvalue weighted by molar-refractivity contribution is 5.91. The number of amides is 1. The molecule has 0 aliphatic rings. The van der Waals surface area contributed by atoms with Gasteiger partial charge in [-0.25, -0.2) is 4.68 Å². The van der Waals surface area contributed by atoms with Crippen LogP contribution < -0.4 is 10.1 Å². The number of rotatable bonds is 6. The maximum atomic E-state index is 12.7. The molecule has 0 spiro atoms. The molecule has 0 radical (unpaired) electrons. The van der Waals surface area contributed by atoms with Gasteiger partial charge in [-0.3, -0.25) is 9.48 Å². The van der Waals surface area contributed by atoms with Crippen LogP contribution in [0.5, 0.6) is 5.75 Å². The molecule has 30 heavy (non-hydrogen) atoms. The summed E-state index contributed by atoms with van der Waals surface area (Å²) in [6, 6.07) is 8.07. The lowest BCUT2D eigenvalue weighted by Crippen LogP contribution is -2.16. The average molecular weight is 421 g/mol. The average Bonchev–Trinajstić information content (AvgIpc) is 3.21. The van der Waals surface area contributed by atoms with Gasteiger partial charge in [-0.15, -0.1) is 0 Å². The standard InChI is InChI=1S/C20H22F3N5O2/c1-12-9-14(3)28(25-12)16-6-5-15(11-17(16)30-4)24-19(29)7-8-27-13(2)10-18(26-27)20(21,22)23/h5-6,9-11H,7-8H2,1-4H3,(H,24,29). The Balaban J connectivity index is 1.69. The van der Waals surface area contributed by atoms with Crippen molar-refractivity contribution < 1.29 is 22.7 Å². The maximum Gasteiger partial charge on any atom is 0.435 e. The number of halogens is 3. The first-order valence-electron chi connectivity index (χ1n) is 9.21. The molecule has 1 aromatic carbocycles. The van der Waals surface area contributed by atoms with Crippen molar-refractivity contribution in [2.24, 2.45) is 0 Å². The van der Waals surface area contributed by atoms with Gasteiger partial charge in [0.25, 0.3) is 0 Å². The zero-order chi connectivity index (χ0) is 22.1. The van der Waals surface area contributed by atoms with Crippen LogP contribution in [0.2, 0.25) is 0 Å². The lowest BCUT2D eigenvalue weighted by atomic mass is 10.2. The van der Waals surface area contributed by atoms with Gasteiger partial charge < -0.3 is 10.1 Å². The number of carbonyl (C=O) groups is 1. The van der Waals surface area contributed by atoms with Crippen LogP contribution in [0.4, 0.5) is 18.9 Å². The Hall–Kier alpha value is -3.30. The molecule has 2 aromatic heterocycles. The first-order chi connectivity index (χ1) is 14.1. The summed E-state index contributed by atoms with van der Waals surface area (Å²) >= 11 is 0. The van der Waals surface area contributed by atoms with Gasteiger partial charge >= 0.3 is 6.18 Å². The van der Waals surface area contributed by atoms with Crippen LogP contribution in [0.25, 0.3) is 5.69 Å². The van der Waals surface area contributed by atoms with Gasteiger partial charge in [0.05, 0.1) is 12.8 Å². The molecule has 0 aliphatic heterocycles. The van der Waals surface area contributed by atoms with E-state index in [9.17, 15) is 18.0 Å². The van der Waals surface area contributed by atoms with Crippen molar-refractivity contribution in [2.45, 2.75) is 39.9 Å². The van der Waals surface area contributed by atoms with E-state index in [1.54, 1.807) is 22.9 Å². The van der Waals surface area contributed by atoms with E-state index in [0.29, 0.717) is 17.1 Å². The Morgan fingerprint density at radius 3 is 2.40 bits per heavy atom. The molecule has 7 nitrogen and oxygen atoms in total. The normalized spacial score (nSPS) is 11.6. The number of anilines is 1. The Morgan fingerprint density at radius 2 is 1.83 bits per heavy atom. The predicted molar refractivity (Wildman–Crippen MR) is 105 cm³/mol. The summed E-state index contributed by atoms with van der Waals surface area (Å²) < 4.78 is 46.6. The second-order valence-corrected chi connectivity index (χ2v) is 6.92. The maximum absolute atomic E-state index is 12.7. The molecule has 3 aromatic rings. The molecule has 0 saturated heterocycles. The summed E-state index contributed by atoms with van der Waals surface area (Å²) in [5.41, 5.74) is 2.42. The Morgan fingerprint density at radius 1 is 1.10 bits per heavy atom. The quantitative estimate of drug-likeness (QED) is 0.652. The molecule has 0 saturated carbocycles. The summed E-state index contributed by atoms with van der Waals surface area (Å²) in [5.74, 6) is 0.177. The van der Waals surface area contributed by atoms with Gasteiger partial charge in [-0.2, -0.15) is 23.4 Å². The van der Waals surface area contributed by atoms with Crippen LogP contribution in [0.1, 0.15) is 29.2 Å². The number of nitrogens with zero attached hydrogens (tertiary/aromatic N) is 4. The number of hydrogen-bond acceptors (Lipinski definition) is 4. The van der Waals surface area contributed by atoms with Crippen molar-refractivity contribution >= 4 is 11.6 Å². The number of methoxy groups -OCH3 is 1. The van der Waals surface area contributed by atoms with Gasteiger partial charge in [0.15, 0.2) is 5.69 Å². The lowest BCUT2D eigenvalue weighted by molar-refractivity contribution is -0.141. The van der Waals surface area contributed by atoms with Crippen LogP contribution in [0.3, 0.4) is 0 Å². The fraction of sp³-hybridized carbons (Fsp3) is 0.350. The second kappa shape index (κ2) is 8.21. The molecule has 0 atom stereocenters. The van der Waals surface area contributed by atoms with E-state index in [1.807, 2.05) is 19.9 Å². The third-order valence-corrected chi connectivity index (χ3v) is 4.52. The largest absolute Gasteiger partial charge is 0.494 e. The van der Waals surface area contributed by atoms with E-state index in [0.717, 1.165) is 23.1 Å². The van der Waals surface area contributed by atoms with E-state index in [2.05, 4.69) is 15.5 Å². The zero-order valence-electron chi connectivity index (χ0n) is 17.0. The summed E-state index contributed by atoms with van der Waals surface area (Å²) in [7, 11) is 1.52. The Kier molecular flexibility index (Phi) is 5.86. The molecule has 0 aliphatic carbocycles. The second-order valence-electron chi connectivity index (χ2n) is 6.92. The van der Waals surface area contributed by atoms with Gasteiger partial charge in [0.2, 0.25) is 5.91 Å². The van der Waals surface area contributed by atoms with E-state index in [-0.39, 0.29) is 18.9 Å². The van der Waals surface area contributed by atoms with Crippen molar-refractivity contribution in [2.75, 3.05) is 12.4 Å². The van der Waals surface area contributed by atoms with Gasteiger partial charge in [-0.05, 0) is 45.0 Å². The summed E-state index contributed by atoms with van der Waals surface area (Å²) in [5, 5.41) is 10.7. The lowest BCUT2D eigenvalue weighted by Gasteiger charge is -2.13. The molecule has 1 N–H and O–H groups in total. The third-order valence-electron chi connectivity index (χ3n) is 4.52. The number of hydrogen-bond donors (Lipinski definition) is 1. The minimum absolute atomic E-state index is 0.0264. The highest BCUT2D eigenvalue weighted by atomic mass is 19.4. The Bertz CT molecular complexity index is 1070. The van der Waals surface area contributed by atoms with Crippen LogP contribution in [-0.4, -0.2) is 32.6 Å². The van der Waals surface area contributed by atoms with Crippen LogP contribution in [-0.2, 0) is 17.5 Å². The van der Waals surface area contributed by atoms with Crippen molar-refractivity contribution in [3.63, 3.8) is 0 Å². The summed E-state index contributed by atoms with van der Waals surface area (Å²) in [6.07, 6.45) is -4.54. The molecular weight excluding hydrogens is 399 g/mol. The van der Waals surface area contributed by atoms with Crippen LogP contribution >= 0.6 is 0 Å². The number of benzene rings is 1. The SMILES string of the molecule is COc1cc(NC(=O)CCn2nc(C(F)(F)F)cc2C)ccc1-n1nc(C)cc1C. The van der Waals surface area contributed by atoms with Gasteiger partial charge in [0, 0.05) is 36.1 Å². The third kappa shape index (κ3) is 4.64. The van der Waals surface area contributed by atoms with Gasteiger partial charge in [0.1, 0.15) is 11.4 Å². The van der Waals surface area contributed by atoms with Crippen molar-refractivity contribution in [1.29, 1.82) is 0 Å². The number of aryl methyl sites for hydroxylation is 4. The number of carbonyl (C=O) groups excluding carboxylic acids is 1. The van der Waals surface area contributed by atoms with Crippen molar-refractivity contribution in [3.8, 4) is 11.4 Å².